The highest BCUT2D eigenvalue weighted by Crippen LogP contribution is 2.21. The summed E-state index contributed by atoms with van der Waals surface area (Å²) in [4.78, 5) is 2.78. The Kier molecular flexibility index (Phi) is 3.88. The molecule has 0 saturated carbocycles. The fourth-order valence-electron chi connectivity index (χ4n) is 1.79. The third-order valence-corrected chi connectivity index (χ3v) is 4.20. The van der Waals surface area contributed by atoms with Gasteiger partial charge in [0.2, 0.25) is 0 Å². The number of hydrogen-bond acceptors (Lipinski definition) is 4. The summed E-state index contributed by atoms with van der Waals surface area (Å²) in [5, 5.41) is 3.48. The predicted molar refractivity (Wildman–Crippen MR) is 70.4 cm³/mol. The van der Waals surface area contributed by atoms with E-state index in [4.69, 9.17) is 9.47 Å². The van der Waals surface area contributed by atoms with E-state index in [0.717, 1.165) is 19.8 Å². The Balaban J connectivity index is 1.79. The first-order valence-corrected chi connectivity index (χ1v) is 6.85. The summed E-state index contributed by atoms with van der Waals surface area (Å²) in [6.07, 6.45) is 0. The van der Waals surface area contributed by atoms with E-state index in [1.807, 2.05) is 25.2 Å². The Morgan fingerprint density at radius 3 is 2.53 bits per heavy atom. The number of nitrogens with one attached hydrogen (secondary N) is 1. The molecule has 17 heavy (non-hydrogen) atoms. The van der Waals surface area contributed by atoms with Crippen LogP contribution in [0.15, 0.2) is 6.07 Å². The van der Waals surface area contributed by atoms with E-state index in [-0.39, 0.29) is 0 Å². The van der Waals surface area contributed by atoms with Gasteiger partial charge >= 0.3 is 0 Å². The van der Waals surface area contributed by atoms with Crippen LogP contribution < -0.4 is 5.32 Å². The first-order valence-electron chi connectivity index (χ1n) is 6.03. The van der Waals surface area contributed by atoms with Crippen molar-refractivity contribution >= 4 is 11.3 Å². The highest BCUT2D eigenvalue weighted by atomic mass is 32.1. The standard InChI is InChI=1S/C13H21NO2S/c1-9-5-12(17-10(9)2)6-14-11-7-15-13(3,4)16-8-11/h5,11,14H,6-8H2,1-4H3. The second-order valence-corrected chi connectivity index (χ2v) is 6.39. The van der Waals surface area contributed by atoms with Gasteiger partial charge in [0.1, 0.15) is 0 Å². The summed E-state index contributed by atoms with van der Waals surface area (Å²) in [7, 11) is 0. The molecule has 0 aliphatic carbocycles. The maximum absolute atomic E-state index is 5.61. The van der Waals surface area contributed by atoms with Crippen LogP contribution in [0.3, 0.4) is 0 Å². The maximum atomic E-state index is 5.61. The highest BCUT2D eigenvalue weighted by molar-refractivity contribution is 7.12. The van der Waals surface area contributed by atoms with Crippen molar-refractivity contribution in [2.24, 2.45) is 0 Å². The topological polar surface area (TPSA) is 30.5 Å². The second-order valence-electron chi connectivity index (χ2n) is 5.05. The summed E-state index contributed by atoms with van der Waals surface area (Å²) >= 11 is 1.86. The first kappa shape index (κ1) is 13.0. The van der Waals surface area contributed by atoms with Gasteiger partial charge in [0.05, 0.1) is 19.3 Å². The van der Waals surface area contributed by atoms with Gasteiger partial charge < -0.3 is 14.8 Å². The highest BCUT2D eigenvalue weighted by Gasteiger charge is 2.27. The van der Waals surface area contributed by atoms with Gasteiger partial charge in [-0.1, -0.05) is 0 Å². The Morgan fingerprint density at radius 2 is 2.00 bits per heavy atom. The zero-order valence-electron chi connectivity index (χ0n) is 11.0. The van der Waals surface area contributed by atoms with Crippen molar-refractivity contribution in [3.8, 4) is 0 Å². The van der Waals surface area contributed by atoms with Crippen molar-refractivity contribution in [1.29, 1.82) is 0 Å². The van der Waals surface area contributed by atoms with Gasteiger partial charge in [-0.05, 0) is 39.3 Å². The van der Waals surface area contributed by atoms with Crippen molar-refractivity contribution in [1.82, 2.24) is 5.32 Å². The Hall–Kier alpha value is -0.420. The molecule has 1 N–H and O–H groups in total. The Morgan fingerprint density at radius 1 is 1.35 bits per heavy atom. The van der Waals surface area contributed by atoms with Crippen LogP contribution in [-0.4, -0.2) is 25.0 Å². The molecule has 96 valence electrons. The summed E-state index contributed by atoms with van der Waals surface area (Å²) in [6.45, 7) is 10.6. The van der Waals surface area contributed by atoms with Crippen LogP contribution >= 0.6 is 11.3 Å². The molecule has 1 aromatic heterocycles. The Labute approximate surface area is 107 Å². The number of thiophene rings is 1. The molecule has 0 amide bonds. The number of hydrogen-bond donors (Lipinski definition) is 1. The first-order chi connectivity index (χ1) is 7.96. The fraction of sp³-hybridized carbons (Fsp3) is 0.692. The maximum Gasteiger partial charge on any atom is 0.162 e. The van der Waals surface area contributed by atoms with E-state index in [2.05, 4.69) is 25.2 Å². The largest absolute Gasteiger partial charge is 0.349 e. The van der Waals surface area contributed by atoms with E-state index in [1.165, 1.54) is 15.3 Å². The minimum absolute atomic E-state index is 0.297. The van der Waals surface area contributed by atoms with Crippen molar-refractivity contribution in [3.63, 3.8) is 0 Å². The fourth-order valence-corrected chi connectivity index (χ4v) is 2.80. The van der Waals surface area contributed by atoms with Gasteiger partial charge in [-0.3, -0.25) is 0 Å². The van der Waals surface area contributed by atoms with Gasteiger partial charge in [-0.25, -0.2) is 0 Å². The zero-order chi connectivity index (χ0) is 12.5. The van der Waals surface area contributed by atoms with Crippen LogP contribution in [0.1, 0.15) is 29.2 Å². The molecule has 1 aromatic rings. The molecule has 0 atom stereocenters. The van der Waals surface area contributed by atoms with E-state index in [0.29, 0.717) is 6.04 Å². The average molecular weight is 255 g/mol. The van der Waals surface area contributed by atoms with Crippen LogP contribution in [0.4, 0.5) is 0 Å². The van der Waals surface area contributed by atoms with Crippen molar-refractivity contribution in [2.75, 3.05) is 13.2 Å². The summed E-state index contributed by atoms with van der Waals surface area (Å²) in [5.41, 5.74) is 1.38. The molecular weight excluding hydrogens is 234 g/mol. The lowest BCUT2D eigenvalue weighted by Gasteiger charge is -2.35. The molecule has 0 radical (unpaired) electrons. The molecule has 0 unspecified atom stereocenters. The molecule has 0 bridgehead atoms. The number of ether oxygens (including phenoxy) is 2. The molecule has 2 rings (SSSR count). The van der Waals surface area contributed by atoms with Crippen LogP contribution in [0.5, 0.6) is 0 Å². The molecule has 2 heterocycles. The minimum Gasteiger partial charge on any atom is -0.349 e. The monoisotopic (exact) mass is 255 g/mol. The molecule has 1 fully saturated rings. The number of aryl methyl sites for hydroxylation is 2. The smallest absolute Gasteiger partial charge is 0.162 e. The third kappa shape index (κ3) is 3.52. The van der Waals surface area contributed by atoms with Crippen LogP contribution in [-0.2, 0) is 16.0 Å². The van der Waals surface area contributed by atoms with E-state index >= 15 is 0 Å². The van der Waals surface area contributed by atoms with E-state index in [9.17, 15) is 0 Å². The summed E-state index contributed by atoms with van der Waals surface area (Å²) < 4.78 is 11.2. The molecule has 1 aliphatic rings. The predicted octanol–water partition coefficient (Wildman–Crippen LogP) is 2.61. The van der Waals surface area contributed by atoms with Gasteiger partial charge in [0.15, 0.2) is 5.79 Å². The summed E-state index contributed by atoms with van der Waals surface area (Å²) in [6, 6.07) is 2.55. The van der Waals surface area contributed by atoms with Crippen LogP contribution in [0.25, 0.3) is 0 Å². The minimum atomic E-state index is -0.422. The normalized spacial score (nSPS) is 20.7. The average Bonchev–Trinajstić information content (AvgIpc) is 2.57. The van der Waals surface area contributed by atoms with Crippen LogP contribution in [0, 0.1) is 13.8 Å². The summed E-state index contributed by atoms with van der Waals surface area (Å²) in [5.74, 6) is -0.422. The third-order valence-electron chi connectivity index (χ3n) is 3.05. The van der Waals surface area contributed by atoms with Crippen molar-refractivity contribution in [3.05, 3.63) is 21.4 Å². The van der Waals surface area contributed by atoms with Gasteiger partial charge in [0.25, 0.3) is 0 Å². The molecule has 1 saturated heterocycles. The quantitative estimate of drug-likeness (QED) is 0.900. The Bertz CT molecular complexity index is 357. The lowest BCUT2D eigenvalue weighted by atomic mass is 10.2. The lowest BCUT2D eigenvalue weighted by molar-refractivity contribution is -0.253. The molecule has 1 aliphatic heterocycles. The molecule has 4 heteroatoms. The van der Waals surface area contributed by atoms with E-state index < -0.39 is 5.79 Å². The van der Waals surface area contributed by atoms with Crippen molar-refractivity contribution in [2.45, 2.75) is 46.1 Å². The molecule has 0 aromatic carbocycles. The van der Waals surface area contributed by atoms with E-state index in [1.54, 1.807) is 0 Å². The van der Waals surface area contributed by atoms with Gasteiger partial charge in [-0.15, -0.1) is 11.3 Å². The van der Waals surface area contributed by atoms with Crippen molar-refractivity contribution < 1.29 is 9.47 Å². The molecule has 3 nitrogen and oxygen atoms in total. The zero-order valence-corrected chi connectivity index (χ0v) is 11.8. The number of rotatable bonds is 3. The SMILES string of the molecule is Cc1cc(CNC2COC(C)(C)OC2)sc1C. The lowest BCUT2D eigenvalue weighted by Crippen LogP contribution is -2.48. The second kappa shape index (κ2) is 5.06. The van der Waals surface area contributed by atoms with Gasteiger partial charge in [0, 0.05) is 16.3 Å². The van der Waals surface area contributed by atoms with Gasteiger partial charge in [-0.2, -0.15) is 0 Å². The van der Waals surface area contributed by atoms with Crippen LogP contribution in [0.2, 0.25) is 0 Å². The molecule has 0 spiro atoms. The molecular formula is C13H21NO2S.